The largest absolute Gasteiger partial charge is 0.496 e. The molecular weight excluding hydrogens is 618 g/mol. The van der Waals surface area contributed by atoms with Gasteiger partial charge in [0.1, 0.15) is 29.1 Å². The Morgan fingerprint density at radius 1 is 1.12 bits per heavy atom. The second-order valence-corrected chi connectivity index (χ2v) is 13.0. The molecule has 1 fully saturated rings. The molecule has 3 aliphatic heterocycles. The molecule has 0 bridgehead atoms. The molecule has 0 aromatic heterocycles. The molecule has 2 aromatic rings. The van der Waals surface area contributed by atoms with E-state index in [1.54, 1.807) is 19.9 Å². The van der Waals surface area contributed by atoms with E-state index in [4.69, 9.17) is 18.9 Å². The number of esters is 1. The number of carbonyl (C=O) groups excluding carboxylic acids is 2. The number of aliphatic hydroxyl groups is 4. The van der Waals surface area contributed by atoms with Crippen LogP contribution in [0.1, 0.15) is 74.1 Å². The third-order valence-corrected chi connectivity index (χ3v) is 9.90. The molecule has 0 radical (unpaired) electrons. The van der Waals surface area contributed by atoms with Crippen molar-refractivity contribution in [2.24, 2.45) is 10.9 Å². The Morgan fingerprint density at radius 3 is 2.65 bits per heavy atom. The average Bonchev–Trinajstić information content (AvgIpc) is 3.75. The van der Waals surface area contributed by atoms with E-state index in [0.717, 1.165) is 21.7 Å². The van der Waals surface area contributed by atoms with Crippen LogP contribution in [0, 0.1) is 5.92 Å². The van der Waals surface area contributed by atoms with Crippen molar-refractivity contribution in [1.82, 2.24) is 0 Å². The van der Waals surface area contributed by atoms with Gasteiger partial charge in [-0.3, -0.25) is 9.79 Å². The number of hydrogen-bond acceptors (Lipinski definition) is 11. The quantitative estimate of drug-likeness (QED) is 0.207. The number of fused-ring (bicyclic) bond motifs is 3. The number of methoxy groups -OCH3 is 1. The zero-order chi connectivity index (χ0) is 34.2. The topological polar surface area (TPSA) is 164 Å². The van der Waals surface area contributed by atoms with Crippen LogP contribution < -0.4 is 24.8 Å². The van der Waals surface area contributed by atoms with E-state index in [2.05, 4.69) is 4.99 Å². The van der Waals surface area contributed by atoms with Crippen LogP contribution in [0.25, 0.3) is 11.6 Å². The highest BCUT2D eigenvalue weighted by molar-refractivity contribution is 5.98. The van der Waals surface area contributed by atoms with Gasteiger partial charge in [0.2, 0.25) is 5.76 Å². The van der Waals surface area contributed by atoms with Gasteiger partial charge in [0.25, 0.3) is 0 Å². The number of ether oxygens (including phenoxy) is 4. The van der Waals surface area contributed by atoms with Gasteiger partial charge in [0, 0.05) is 30.4 Å². The van der Waals surface area contributed by atoms with E-state index in [1.165, 1.54) is 7.11 Å². The molecule has 4 aliphatic rings. The summed E-state index contributed by atoms with van der Waals surface area (Å²) in [7, 11) is 1.52. The number of carbonyl (C=O) groups is 2. The molecule has 4 atom stereocenters. The fourth-order valence-electron chi connectivity index (χ4n) is 7.35. The molecule has 48 heavy (non-hydrogen) atoms. The number of unbranched alkanes of at least 4 members (excludes halogenated alkanes) is 1. The summed E-state index contributed by atoms with van der Waals surface area (Å²) in [5.74, 6) is -1.19. The molecule has 3 heterocycles. The van der Waals surface area contributed by atoms with E-state index in [1.807, 2.05) is 24.3 Å². The summed E-state index contributed by atoms with van der Waals surface area (Å²) in [6, 6.07) is 5.80. The SMILES string of the molecule is CCOC(=O)C1=C/C(=C2\C[C@H](CO)C(=O)[C@@H](c3ccc4c(c3)=CCN=4)C2)c2c(OC)c3c(c(CO)c2O1)O[C@H]([C@@](C)(O)CCCCO)C3. The van der Waals surface area contributed by atoms with Gasteiger partial charge in [-0.2, -0.15) is 0 Å². The predicted molar refractivity (Wildman–Crippen MR) is 175 cm³/mol. The highest BCUT2D eigenvalue weighted by atomic mass is 16.6. The van der Waals surface area contributed by atoms with Crippen LogP contribution in [-0.2, 0) is 27.4 Å². The first kappa shape index (κ1) is 33.9. The van der Waals surface area contributed by atoms with Crippen LogP contribution in [0.4, 0.5) is 0 Å². The lowest BCUT2D eigenvalue weighted by Crippen LogP contribution is -2.42. The molecule has 6 rings (SSSR count). The highest BCUT2D eigenvalue weighted by Crippen LogP contribution is 2.55. The zero-order valence-corrected chi connectivity index (χ0v) is 27.6. The first-order chi connectivity index (χ1) is 23.1. The molecule has 256 valence electrons. The van der Waals surface area contributed by atoms with Crippen molar-refractivity contribution in [3.05, 3.63) is 68.4 Å². The fourth-order valence-corrected chi connectivity index (χ4v) is 7.35. The summed E-state index contributed by atoms with van der Waals surface area (Å²) in [4.78, 5) is 31.4. The molecule has 1 saturated carbocycles. The summed E-state index contributed by atoms with van der Waals surface area (Å²) >= 11 is 0. The van der Waals surface area contributed by atoms with E-state index < -0.39 is 36.1 Å². The molecule has 0 unspecified atom stereocenters. The van der Waals surface area contributed by atoms with Crippen molar-refractivity contribution in [3.8, 4) is 17.2 Å². The Bertz CT molecular complexity index is 1810. The smallest absolute Gasteiger partial charge is 0.374 e. The first-order valence-corrected chi connectivity index (χ1v) is 16.6. The van der Waals surface area contributed by atoms with Crippen LogP contribution in [0.5, 0.6) is 17.2 Å². The number of aliphatic hydroxyl groups excluding tert-OH is 3. The van der Waals surface area contributed by atoms with E-state index in [-0.39, 0.29) is 50.0 Å². The van der Waals surface area contributed by atoms with Gasteiger partial charge < -0.3 is 39.4 Å². The summed E-state index contributed by atoms with van der Waals surface area (Å²) in [5, 5.41) is 43.7. The van der Waals surface area contributed by atoms with Gasteiger partial charge in [-0.25, -0.2) is 4.79 Å². The molecule has 0 spiro atoms. The minimum absolute atomic E-state index is 0.0198. The van der Waals surface area contributed by atoms with E-state index in [9.17, 15) is 30.0 Å². The van der Waals surface area contributed by atoms with Gasteiger partial charge in [-0.05, 0) is 80.5 Å². The minimum atomic E-state index is -1.26. The molecular formula is C37H43NO10. The third-order valence-electron chi connectivity index (χ3n) is 9.90. The maximum atomic E-state index is 13.7. The van der Waals surface area contributed by atoms with Crippen LogP contribution in [0.3, 0.4) is 0 Å². The lowest BCUT2D eigenvalue weighted by molar-refractivity contribution is -0.141. The molecule has 11 nitrogen and oxygen atoms in total. The molecule has 0 amide bonds. The average molecular weight is 662 g/mol. The molecule has 0 saturated heterocycles. The van der Waals surface area contributed by atoms with Crippen molar-refractivity contribution in [3.63, 3.8) is 0 Å². The summed E-state index contributed by atoms with van der Waals surface area (Å²) in [6.07, 6.45) is 5.29. The van der Waals surface area contributed by atoms with Crippen LogP contribution >= 0.6 is 0 Å². The molecule has 1 aliphatic carbocycles. The minimum Gasteiger partial charge on any atom is -0.496 e. The van der Waals surface area contributed by atoms with Crippen molar-refractivity contribution in [2.75, 3.05) is 33.5 Å². The van der Waals surface area contributed by atoms with E-state index in [0.29, 0.717) is 66.0 Å². The van der Waals surface area contributed by atoms with Crippen molar-refractivity contribution >= 4 is 23.4 Å². The van der Waals surface area contributed by atoms with Gasteiger partial charge in [0.15, 0.2) is 0 Å². The number of allylic oxidation sites excluding steroid dienone is 3. The van der Waals surface area contributed by atoms with Gasteiger partial charge in [0.05, 0.1) is 55.6 Å². The summed E-state index contributed by atoms with van der Waals surface area (Å²) in [6.45, 7) is 3.25. The van der Waals surface area contributed by atoms with Gasteiger partial charge >= 0.3 is 5.97 Å². The highest BCUT2D eigenvalue weighted by Gasteiger charge is 2.45. The predicted octanol–water partition coefficient (Wildman–Crippen LogP) is 2.17. The number of Topliss-reactive ketones (excluding diaryl/α,β-unsaturated/α-hetero) is 1. The first-order valence-electron chi connectivity index (χ1n) is 16.6. The Morgan fingerprint density at radius 2 is 1.94 bits per heavy atom. The maximum absolute atomic E-state index is 13.7. The number of benzene rings is 2. The Labute approximate surface area is 278 Å². The zero-order valence-electron chi connectivity index (χ0n) is 27.6. The van der Waals surface area contributed by atoms with Gasteiger partial charge in [-0.1, -0.05) is 17.7 Å². The van der Waals surface area contributed by atoms with Crippen LogP contribution in [0.15, 0.2) is 40.6 Å². The number of nitrogens with zero attached hydrogens (tertiary/aromatic N) is 1. The Hall–Kier alpha value is -4.03. The Kier molecular flexibility index (Phi) is 9.76. The van der Waals surface area contributed by atoms with Crippen molar-refractivity contribution in [2.45, 2.75) is 76.6 Å². The van der Waals surface area contributed by atoms with Crippen molar-refractivity contribution in [1.29, 1.82) is 0 Å². The standard InChI is InChI=1S/C37H43NO10/c1-4-46-36(43)29-16-24(22-14-23(18-40)32(42)25(15-22)20-7-8-28-21(13-20)9-11-38-28)31-34(45-3)26-17-30(37(2,44)10-5-6-12-39)48-33(26)27(19-41)35(31)47-29/h7-9,13,16,23,25,30,39-41,44H,4-6,10-12,14-15,17-19H2,1-3H3/b24-22-/t23-,25-,30+,37+/m1/s1. The van der Waals surface area contributed by atoms with Crippen LogP contribution in [0.2, 0.25) is 0 Å². The second-order valence-electron chi connectivity index (χ2n) is 13.0. The summed E-state index contributed by atoms with van der Waals surface area (Å²) < 4.78 is 23.9. The lowest BCUT2D eigenvalue weighted by atomic mass is 9.72. The van der Waals surface area contributed by atoms with E-state index >= 15 is 0 Å². The molecule has 4 N–H and O–H groups in total. The van der Waals surface area contributed by atoms with Crippen molar-refractivity contribution < 1.29 is 49.0 Å². The fraction of sp³-hybridized carbons (Fsp3) is 0.486. The molecule has 2 aromatic carbocycles. The van der Waals surface area contributed by atoms with Gasteiger partial charge in [-0.15, -0.1) is 0 Å². The second kappa shape index (κ2) is 13.8. The third kappa shape index (κ3) is 6.04. The monoisotopic (exact) mass is 661 g/mol. The molecule has 11 heteroatoms. The van der Waals surface area contributed by atoms with Crippen LogP contribution in [-0.4, -0.2) is 77.4 Å². The number of ketones is 1. The maximum Gasteiger partial charge on any atom is 0.374 e. The lowest BCUT2D eigenvalue weighted by Gasteiger charge is -2.33. The summed E-state index contributed by atoms with van der Waals surface area (Å²) in [5.41, 5.74) is 2.40. The Balaban J connectivity index is 1.52. The number of hydrogen-bond donors (Lipinski definition) is 4. The number of rotatable bonds is 11. The normalized spacial score (nSPS) is 23.8.